The van der Waals surface area contributed by atoms with E-state index >= 15 is 0 Å². The topological polar surface area (TPSA) is 41.6 Å². The number of carbonyl (C=O) groups is 1. The van der Waals surface area contributed by atoms with Gasteiger partial charge in [0.25, 0.3) is 0 Å². The molecule has 5 heteroatoms. The van der Waals surface area contributed by atoms with E-state index in [4.69, 9.17) is 4.74 Å². The molecule has 1 N–H and O–H groups in total. The van der Waals surface area contributed by atoms with Crippen LogP contribution in [0.5, 0.6) is 0 Å². The van der Waals surface area contributed by atoms with Crippen LogP contribution in [-0.4, -0.2) is 43.3 Å². The van der Waals surface area contributed by atoms with Crippen LogP contribution in [0.15, 0.2) is 0 Å². The lowest BCUT2D eigenvalue weighted by atomic mass is 9.73. The molecule has 108 valence electrons. The second kappa shape index (κ2) is 6.66. The Bertz CT molecular complexity index is 279. The predicted molar refractivity (Wildman–Crippen MR) is 79.5 cm³/mol. The smallest absolute Gasteiger partial charge is 0.317 e. The number of nitrogens with one attached hydrogen (secondary N) is 1. The summed E-state index contributed by atoms with van der Waals surface area (Å²) in [4.78, 5) is 14.1. The second-order valence-corrected chi connectivity index (χ2v) is 6.00. The maximum atomic E-state index is 12.1. The van der Waals surface area contributed by atoms with Gasteiger partial charge in [0.1, 0.15) is 0 Å². The normalized spacial score (nSPS) is 23.7. The van der Waals surface area contributed by atoms with Crippen LogP contribution >= 0.6 is 13.5 Å². The minimum absolute atomic E-state index is 0. The molecule has 0 unspecified atom stereocenters. The molecule has 1 fully saturated rings. The molecule has 0 aromatic heterocycles. The molecule has 0 aromatic rings. The third-order valence-electron chi connectivity index (χ3n) is 4.08. The Morgan fingerprint density at radius 3 is 2.56 bits per heavy atom. The van der Waals surface area contributed by atoms with Crippen molar-refractivity contribution in [2.45, 2.75) is 46.1 Å². The summed E-state index contributed by atoms with van der Waals surface area (Å²) < 4.78 is 4.94. The van der Waals surface area contributed by atoms with E-state index in [0.717, 1.165) is 19.4 Å². The number of nitrogens with zero attached hydrogens (tertiary/aromatic N) is 1. The molecule has 0 saturated carbocycles. The summed E-state index contributed by atoms with van der Waals surface area (Å²) in [6.45, 7) is 10.8. The number of rotatable bonds is 3. The SMILES string of the molecule is COCCNC(=O)N1CCC[C@@]1(C)C(C)(C)C.S. The molecular formula is C13H28N2O2S. The number of methoxy groups -OCH3 is 1. The van der Waals surface area contributed by atoms with E-state index in [1.54, 1.807) is 7.11 Å². The Balaban J connectivity index is 0.00000289. The third-order valence-corrected chi connectivity index (χ3v) is 4.08. The summed E-state index contributed by atoms with van der Waals surface area (Å²) in [5.74, 6) is 0. The molecule has 0 aliphatic carbocycles. The monoisotopic (exact) mass is 276 g/mol. The highest BCUT2D eigenvalue weighted by molar-refractivity contribution is 7.59. The van der Waals surface area contributed by atoms with Gasteiger partial charge in [-0.2, -0.15) is 13.5 Å². The van der Waals surface area contributed by atoms with Crippen LogP contribution in [0, 0.1) is 5.41 Å². The molecule has 4 nitrogen and oxygen atoms in total. The summed E-state index contributed by atoms with van der Waals surface area (Å²) >= 11 is 0. The molecule has 2 amide bonds. The van der Waals surface area contributed by atoms with Gasteiger partial charge in [0.15, 0.2) is 0 Å². The number of hydrogen-bond acceptors (Lipinski definition) is 2. The summed E-state index contributed by atoms with van der Waals surface area (Å²) in [6.07, 6.45) is 2.17. The van der Waals surface area contributed by atoms with E-state index in [0.29, 0.717) is 13.2 Å². The molecular weight excluding hydrogens is 248 g/mol. The first-order chi connectivity index (χ1) is 7.83. The van der Waals surface area contributed by atoms with Gasteiger partial charge in [-0.1, -0.05) is 20.8 Å². The molecule has 1 aliphatic heterocycles. The maximum Gasteiger partial charge on any atom is 0.317 e. The van der Waals surface area contributed by atoms with Crippen molar-refractivity contribution in [3.05, 3.63) is 0 Å². The highest BCUT2D eigenvalue weighted by atomic mass is 32.1. The van der Waals surface area contributed by atoms with Gasteiger partial charge >= 0.3 is 6.03 Å². The average Bonchev–Trinajstić information content (AvgIpc) is 2.61. The Morgan fingerprint density at radius 1 is 1.44 bits per heavy atom. The third kappa shape index (κ3) is 3.54. The van der Waals surface area contributed by atoms with Crippen molar-refractivity contribution in [2.75, 3.05) is 26.8 Å². The first kappa shape index (κ1) is 17.6. The fraction of sp³-hybridized carbons (Fsp3) is 0.923. The van der Waals surface area contributed by atoms with Crippen LogP contribution in [0.25, 0.3) is 0 Å². The summed E-state index contributed by atoms with van der Waals surface area (Å²) in [7, 11) is 1.64. The molecule has 1 aliphatic rings. The predicted octanol–water partition coefficient (Wildman–Crippen LogP) is 2.36. The first-order valence-corrected chi connectivity index (χ1v) is 6.37. The number of likely N-dealkylation sites (tertiary alicyclic amines) is 1. The standard InChI is InChI=1S/C13H26N2O2.H2S/c1-12(2,3)13(4)7-6-9-15(13)11(16)14-8-10-17-5;/h6-10H2,1-5H3,(H,14,16);1H2/t13-;/m0./s1. The minimum atomic E-state index is -0.0514. The highest BCUT2D eigenvalue weighted by Crippen LogP contribution is 2.43. The van der Waals surface area contributed by atoms with Crippen molar-refractivity contribution in [2.24, 2.45) is 5.41 Å². The van der Waals surface area contributed by atoms with Gasteiger partial charge in [-0.15, -0.1) is 0 Å². The van der Waals surface area contributed by atoms with Gasteiger partial charge in [-0.3, -0.25) is 0 Å². The minimum Gasteiger partial charge on any atom is -0.383 e. The van der Waals surface area contributed by atoms with Crippen LogP contribution in [0.2, 0.25) is 0 Å². The van der Waals surface area contributed by atoms with Gasteiger partial charge < -0.3 is 15.0 Å². The Kier molecular flexibility index (Phi) is 6.51. The molecule has 0 aromatic carbocycles. The number of hydrogen-bond donors (Lipinski definition) is 1. The number of urea groups is 1. The lowest BCUT2D eigenvalue weighted by Crippen LogP contribution is -2.56. The quantitative estimate of drug-likeness (QED) is 0.804. The zero-order valence-corrected chi connectivity index (χ0v) is 13.3. The lowest BCUT2D eigenvalue weighted by molar-refractivity contribution is 0.0668. The van der Waals surface area contributed by atoms with Crippen molar-refractivity contribution in [3.8, 4) is 0 Å². The molecule has 1 heterocycles. The maximum absolute atomic E-state index is 12.1. The van der Waals surface area contributed by atoms with Gasteiger partial charge in [0.05, 0.1) is 6.61 Å². The second-order valence-electron chi connectivity index (χ2n) is 6.00. The van der Waals surface area contributed by atoms with E-state index in [1.165, 1.54) is 0 Å². The van der Waals surface area contributed by atoms with Gasteiger partial charge in [0.2, 0.25) is 0 Å². The average molecular weight is 276 g/mol. The van der Waals surface area contributed by atoms with E-state index in [9.17, 15) is 4.79 Å². The van der Waals surface area contributed by atoms with Crippen molar-refractivity contribution >= 4 is 19.5 Å². The first-order valence-electron chi connectivity index (χ1n) is 6.37. The van der Waals surface area contributed by atoms with Crippen molar-refractivity contribution in [3.63, 3.8) is 0 Å². The van der Waals surface area contributed by atoms with Gasteiger partial charge in [-0.25, -0.2) is 4.79 Å². The molecule has 1 rings (SSSR count). The fourth-order valence-electron chi connectivity index (χ4n) is 2.42. The molecule has 0 radical (unpaired) electrons. The van der Waals surface area contributed by atoms with Crippen molar-refractivity contribution in [1.29, 1.82) is 0 Å². The lowest BCUT2D eigenvalue weighted by Gasteiger charge is -2.45. The van der Waals surface area contributed by atoms with Crippen LogP contribution in [-0.2, 0) is 4.74 Å². The van der Waals surface area contributed by atoms with Crippen LogP contribution in [0.3, 0.4) is 0 Å². The Morgan fingerprint density at radius 2 is 2.06 bits per heavy atom. The van der Waals surface area contributed by atoms with Crippen molar-refractivity contribution in [1.82, 2.24) is 10.2 Å². The van der Waals surface area contributed by atoms with Gasteiger partial charge in [-0.05, 0) is 25.2 Å². The van der Waals surface area contributed by atoms with E-state index < -0.39 is 0 Å². The summed E-state index contributed by atoms with van der Waals surface area (Å²) in [6, 6.07) is 0.0389. The number of carbonyl (C=O) groups excluding carboxylic acids is 1. The summed E-state index contributed by atoms with van der Waals surface area (Å²) in [5, 5.41) is 2.91. The Labute approximate surface area is 118 Å². The Hall–Kier alpha value is -0.420. The van der Waals surface area contributed by atoms with Crippen LogP contribution in [0.1, 0.15) is 40.5 Å². The largest absolute Gasteiger partial charge is 0.383 e. The zero-order chi connectivity index (χ0) is 13.1. The van der Waals surface area contributed by atoms with Gasteiger partial charge in [0, 0.05) is 25.7 Å². The zero-order valence-electron chi connectivity index (χ0n) is 12.3. The molecule has 0 bridgehead atoms. The number of amides is 2. The van der Waals surface area contributed by atoms with E-state index in [1.807, 2.05) is 4.90 Å². The molecule has 1 atom stereocenters. The van der Waals surface area contributed by atoms with E-state index in [2.05, 4.69) is 33.0 Å². The van der Waals surface area contributed by atoms with Crippen molar-refractivity contribution < 1.29 is 9.53 Å². The molecule has 0 spiro atoms. The molecule has 18 heavy (non-hydrogen) atoms. The van der Waals surface area contributed by atoms with Crippen LogP contribution < -0.4 is 5.32 Å². The molecule has 1 saturated heterocycles. The fourth-order valence-corrected chi connectivity index (χ4v) is 2.42. The van der Waals surface area contributed by atoms with Crippen LogP contribution in [0.4, 0.5) is 4.79 Å². The van der Waals surface area contributed by atoms with E-state index in [-0.39, 0.29) is 30.5 Å². The number of ether oxygens (including phenoxy) is 1. The summed E-state index contributed by atoms with van der Waals surface area (Å²) in [5.41, 5.74) is 0.0479. The highest BCUT2D eigenvalue weighted by Gasteiger charge is 2.47.